The summed E-state index contributed by atoms with van der Waals surface area (Å²) in [5, 5.41) is 10.5. The van der Waals surface area contributed by atoms with Crippen molar-refractivity contribution in [3.05, 3.63) is 32.9 Å². The highest BCUT2D eigenvalue weighted by atomic mass is 32.2. The third-order valence-corrected chi connectivity index (χ3v) is 7.35. The molecule has 0 saturated carbocycles. The number of nitrogens with zero attached hydrogens (tertiary/aromatic N) is 2. The maximum Gasteiger partial charge on any atom is 0.332 e. The van der Waals surface area contributed by atoms with Crippen LogP contribution in [0.3, 0.4) is 0 Å². The molecule has 0 spiro atoms. The van der Waals surface area contributed by atoms with E-state index in [1.54, 1.807) is 16.7 Å². The number of ether oxygens (including phenoxy) is 2. The van der Waals surface area contributed by atoms with Crippen LogP contribution in [-0.4, -0.2) is 80.4 Å². The summed E-state index contributed by atoms with van der Waals surface area (Å²) in [6.07, 6.45) is 2.51. The van der Waals surface area contributed by atoms with Gasteiger partial charge in [0.2, 0.25) is 11.7 Å². The Morgan fingerprint density at radius 2 is 1.97 bits per heavy atom. The predicted octanol–water partition coefficient (Wildman–Crippen LogP) is 1.53. The van der Waals surface area contributed by atoms with Crippen molar-refractivity contribution in [1.29, 1.82) is 0 Å². The first-order valence-electron chi connectivity index (χ1n) is 13.1. The van der Waals surface area contributed by atoms with Gasteiger partial charge >= 0.3 is 11.7 Å². The molecule has 0 bridgehead atoms. The number of aromatic amines is 1. The van der Waals surface area contributed by atoms with E-state index in [1.807, 2.05) is 32.0 Å². The largest absolute Gasteiger partial charge is 0.461 e. The standard InChI is InChI=1S/C25H41FN4O7S/c1-5-9-25(10-6-2,30(11-7-3)22(33)17(27)8-12-38-4)23(34)36-15-19-18(31)13-20(37-19)29-14-16(26)21(32)28-24(29)35/h14,17-20,31H,5-13,15,27H2,1-4H3,(H,28,32,35)/t17-,18-,19+,20+/m0/s1. The maximum absolute atomic E-state index is 13.7. The van der Waals surface area contributed by atoms with Gasteiger partial charge in [-0.25, -0.2) is 9.59 Å². The molecule has 1 saturated heterocycles. The van der Waals surface area contributed by atoms with Crippen LogP contribution in [0.5, 0.6) is 0 Å². The molecule has 0 radical (unpaired) electrons. The number of nitrogens with one attached hydrogen (secondary N) is 1. The monoisotopic (exact) mass is 560 g/mol. The molecule has 1 amide bonds. The second-order valence-corrected chi connectivity index (χ2v) is 10.6. The van der Waals surface area contributed by atoms with Crippen LogP contribution in [0.15, 0.2) is 15.8 Å². The molecule has 0 aliphatic carbocycles. The lowest BCUT2D eigenvalue weighted by Crippen LogP contribution is -2.61. The number of esters is 1. The number of H-pyrrole nitrogens is 1. The van der Waals surface area contributed by atoms with Gasteiger partial charge < -0.3 is 25.2 Å². The number of aromatic nitrogens is 2. The van der Waals surface area contributed by atoms with E-state index in [9.17, 15) is 28.7 Å². The van der Waals surface area contributed by atoms with Crippen molar-refractivity contribution >= 4 is 23.6 Å². The number of aliphatic hydroxyl groups is 1. The predicted molar refractivity (Wildman–Crippen MR) is 142 cm³/mol. The van der Waals surface area contributed by atoms with Gasteiger partial charge in [0.05, 0.1) is 18.3 Å². The summed E-state index contributed by atoms with van der Waals surface area (Å²) in [6.45, 7) is 5.78. The molecule has 2 heterocycles. The molecule has 1 aromatic rings. The second-order valence-electron chi connectivity index (χ2n) is 9.58. The number of rotatable bonds is 15. The summed E-state index contributed by atoms with van der Waals surface area (Å²) in [5.74, 6) is -1.35. The fourth-order valence-electron chi connectivity index (χ4n) is 4.87. The lowest BCUT2D eigenvalue weighted by Gasteiger charge is -2.43. The number of carbonyl (C=O) groups is 2. The zero-order valence-electron chi connectivity index (χ0n) is 22.6. The highest BCUT2D eigenvalue weighted by Gasteiger charge is 2.47. The van der Waals surface area contributed by atoms with Crippen molar-refractivity contribution in [2.45, 2.75) is 95.7 Å². The van der Waals surface area contributed by atoms with Crippen LogP contribution in [0, 0.1) is 5.82 Å². The Kier molecular flexibility index (Phi) is 12.5. The van der Waals surface area contributed by atoms with E-state index in [0.717, 1.165) is 10.8 Å². The van der Waals surface area contributed by atoms with E-state index in [2.05, 4.69) is 0 Å². The molecule has 0 unspecified atom stereocenters. The number of halogens is 1. The molecule has 0 aromatic carbocycles. The number of nitrogens with two attached hydrogens (primary N) is 1. The van der Waals surface area contributed by atoms with E-state index in [-0.39, 0.29) is 18.9 Å². The van der Waals surface area contributed by atoms with Crippen molar-refractivity contribution < 1.29 is 28.6 Å². The van der Waals surface area contributed by atoms with Crippen LogP contribution in [0.2, 0.25) is 0 Å². The molecule has 1 aliphatic rings. The van der Waals surface area contributed by atoms with Gasteiger partial charge in [0.25, 0.3) is 5.56 Å². The Balaban J connectivity index is 2.25. The molecular weight excluding hydrogens is 519 g/mol. The zero-order valence-corrected chi connectivity index (χ0v) is 23.4. The fourth-order valence-corrected chi connectivity index (χ4v) is 5.36. The van der Waals surface area contributed by atoms with Gasteiger partial charge in [-0.1, -0.05) is 33.6 Å². The van der Waals surface area contributed by atoms with E-state index in [1.165, 1.54) is 0 Å². The molecule has 1 aliphatic heterocycles. The van der Waals surface area contributed by atoms with E-state index >= 15 is 0 Å². The second kappa shape index (κ2) is 14.8. The molecule has 2 rings (SSSR count). The third-order valence-electron chi connectivity index (χ3n) is 6.70. The van der Waals surface area contributed by atoms with Gasteiger partial charge in [-0.2, -0.15) is 16.2 Å². The summed E-state index contributed by atoms with van der Waals surface area (Å²) in [6, 6.07) is -0.744. The SMILES string of the molecule is CCCN(C(=O)[C@@H](N)CCSC)C(CCC)(CCC)C(=O)OC[C@H]1O[C@@H](n2cc(F)c(=O)[nH]c2=O)C[C@@H]1O. The van der Waals surface area contributed by atoms with Crippen molar-refractivity contribution in [3.63, 3.8) is 0 Å². The normalized spacial score (nSPS) is 20.3. The first kappa shape index (κ1) is 32.0. The summed E-state index contributed by atoms with van der Waals surface area (Å²) in [4.78, 5) is 54.0. The third kappa shape index (κ3) is 7.45. The summed E-state index contributed by atoms with van der Waals surface area (Å²) >= 11 is 1.59. The van der Waals surface area contributed by atoms with Gasteiger partial charge in [-0.05, 0) is 37.7 Å². The Hall–Kier alpha value is -2.22. The number of hydrogen-bond donors (Lipinski definition) is 3. The fraction of sp³-hybridized carbons (Fsp3) is 0.760. The van der Waals surface area contributed by atoms with Gasteiger partial charge in [0, 0.05) is 13.0 Å². The molecule has 216 valence electrons. The Morgan fingerprint density at radius 1 is 1.32 bits per heavy atom. The van der Waals surface area contributed by atoms with E-state index in [0.29, 0.717) is 50.8 Å². The molecule has 38 heavy (non-hydrogen) atoms. The summed E-state index contributed by atoms with van der Waals surface area (Å²) in [5.41, 5.74) is 2.96. The summed E-state index contributed by atoms with van der Waals surface area (Å²) < 4.78 is 26.0. The van der Waals surface area contributed by atoms with Crippen LogP contribution < -0.4 is 17.0 Å². The van der Waals surface area contributed by atoms with E-state index < -0.39 is 53.1 Å². The highest BCUT2D eigenvalue weighted by Crippen LogP contribution is 2.32. The van der Waals surface area contributed by atoms with E-state index in [4.69, 9.17) is 15.2 Å². The van der Waals surface area contributed by atoms with Gasteiger partial charge in [0.1, 0.15) is 24.5 Å². The number of thioether (sulfide) groups is 1. The Labute approximate surface area is 226 Å². The lowest BCUT2D eigenvalue weighted by molar-refractivity contribution is -0.171. The zero-order chi connectivity index (χ0) is 28.5. The van der Waals surface area contributed by atoms with Gasteiger partial charge in [-0.15, -0.1) is 0 Å². The minimum atomic E-state index is -1.23. The molecule has 1 fully saturated rings. The first-order valence-corrected chi connectivity index (χ1v) is 14.5. The number of amides is 1. The lowest BCUT2D eigenvalue weighted by atomic mass is 9.85. The molecule has 1 aromatic heterocycles. The van der Waals surface area contributed by atoms with Crippen molar-refractivity contribution in [2.24, 2.45) is 5.73 Å². The first-order chi connectivity index (χ1) is 18.1. The maximum atomic E-state index is 13.7. The average Bonchev–Trinajstić information content (AvgIpc) is 3.25. The van der Waals surface area contributed by atoms with Crippen LogP contribution in [0.4, 0.5) is 4.39 Å². The quantitative estimate of drug-likeness (QED) is 0.271. The molecule has 4 atom stereocenters. The van der Waals surface area contributed by atoms with Crippen LogP contribution in [-0.2, 0) is 19.1 Å². The van der Waals surface area contributed by atoms with Crippen molar-refractivity contribution in [2.75, 3.05) is 25.2 Å². The number of hydrogen-bond acceptors (Lipinski definition) is 9. The van der Waals surface area contributed by atoms with Crippen LogP contribution in [0.1, 0.15) is 71.9 Å². The topological polar surface area (TPSA) is 157 Å². The van der Waals surface area contributed by atoms with Crippen molar-refractivity contribution in [1.82, 2.24) is 14.5 Å². The van der Waals surface area contributed by atoms with Gasteiger partial charge in [-0.3, -0.25) is 19.1 Å². The minimum Gasteiger partial charge on any atom is -0.461 e. The Bertz CT molecular complexity index is 1040. The minimum absolute atomic E-state index is 0.0760. The van der Waals surface area contributed by atoms with Crippen molar-refractivity contribution in [3.8, 4) is 0 Å². The molecule has 4 N–H and O–H groups in total. The van der Waals surface area contributed by atoms with Crippen LogP contribution in [0.25, 0.3) is 0 Å². The smallest absolute Gasteiger partial charge is 0.332 e. The molecule has 13 heteroatoms. The number of aliphatic hydroxyl groups excluding tert-OH is 1. The molecule has 11 nitrogen and oxygen atoms in total. The average molecular weight is 561 g/mol. The van der Waals surface area contributed by atoms with Gasteiger partial charge in [0.15, 0.2) is 0 Å². The molecular formula is C25H41FN4O7S. The highest BCUT2D eigenvalue weighted by molar-refractivity contribution is 7.98. The number of carbonyl (C=O) groups excluding carboxylic acids is 2. The Morgan fingerprint density at radius 3 is 2.55 bits per heavy atom. The van der Waals surface area contributed by atoms with Crippen LogP contribution >= 0.6 is 11.8 Å². The summed E-state index contributed by atoms with van der Waals surface area (Å²) in [7, 11) is 0.